The molecule has 1 aliphatic rings. The van der Waals surface area contributed by atoms with Gasteiger partial charge in [0, 0.05) is 13.1 Å². The highest BCUT2D eigenvalue weighted by Crippen LogP contribution is 2.19. The third kappa shape index (κ3) is 3.12. The Labute approximate surface area is 126 Å². The topological polar surface area (TPSA) is 83.1 Å². The van der Waals surface area contributed by atoms with Gasteiger partial charge in [-0.15, -0.1) is 5.10 Å². The van der Waals surface area contributed by atoms with Gasteiger partial charge in [0.25, 0.3) is 5.91 Å². The molecule has 22 heavy (non-hydrogen) atoms. The minimum atomic E-state index is -0.561. The summed E-state index contributed by atoms with van der Waals surface area (Å²) in [6.45, 7) is 1.81. The molecule has 0 radical (unpaired) electrons. The molecule has 1 aromatic heterocycles. The Hall–Kier alpha value is -2.32. The summed E-state index contributed by atoms with van der Waals surface area (Å²) >= 11 is 0. The molecule has 0 saturated carbocycles. The lowest BCUT2D eigenvalue weighted by Gasteiger charge is -2.28. The van der Waals surface area contributed by atoms with Gasteiger partial charge in [0.2, 0.25) is 5.95 Å². The van der Waals surface area contributed by atoms with Crippen molar-refractivity contribution in [3.63, 3.8) is 0 Å². The van der Waals surface area contributed by atoms with Crippen LogP contribution in [0, 0.1) is 5.82 Å². The average Bonchev–Trinajstić information content (AvgIpc) is 2.96. The standard InChI is InChI=1S/C14H16FN5O2/c1-20-6-7-22-11(8-20)13(21)17-14-16-12(18-19-14)9-4-2-3-5-10(9)15/h2-5,11H,6-8H2,1H3,(H2,16,17,18,19,21). The van der Waals surface area contributed by atoms with Crippen LogP contribution in [0.3, 0.4) is 0 Å². The molecule has 2 heterocycles. The molecule has 0 aliphatic carbocycles. The van der Waals surface area contributed by atoms with E-state index in [2.05, 4.69) is 20.5 Å². The van der Waals surface area contributed by atoms with E-state index in [0.29, 0.717) is 18.7 Å². The summed E-state index contributed by atoms with van der Waals surface area (Å²) in [6, 6.07) is 6.21. The molecule has 1 fully saturated rings. The van der Waals surface area contributed by atoms with E-state index < -0.39 is 11.9 Å². The second-order valence-electron chi connectivity index (χ2n) is 5.10. The molecule has 2 aromatic rings. The number of amides is 1. The number of H-pyrrole nitrogens is 1. The minimum Gasteiger partial charge on any atom is -0.366 e. The average molecular weight is 305 g/mol. The number of aromatic amines is 1. The van der Waals surface area contributed by atoms with Crippen LogP contribution in [-0.4, -0.2) is 58.8 Å². The van der Waals surface area contributed by atoms with Crippen LogP contribution in [0.4, 0.5) is 10.3 Å². The van der Waals surface area contributed by atoms with Crippen molar-refractivity contribution in [1.29, 1.82) is 0 Å². The molecule has 1 atom stereocenters. The Kier molecular flexibility index (Phi) is 4.12. The lowest BCUT2D eigenvalue weighted by atomic mass is 10.2. The van der Waals surface area contributed by atoms with Gasteiger partial charge in [-0.3, -0.25) is 15.2 Å². The number of aromatic nitrogens is 3. The van der Waals surface area contributed by atoms with Gasteiger partial charge in [0.1, 0.15) is 11.9 Å². The van der Waals surface area contributed by atoms with E-state index >= 15 is 0 Å². The minimum absolute atomic E-state index is 0.0973. The summed E-state index contributed by atoms with van der Waals surface area (Å²) in [5, 5.41) is 9.07. The van der Waals surface area contributed by atoms with Crippen molar-refractivity contribution in [3.05, 3.63) is 30.1 Å². The molecule has 8 heteroatoms. The zero-order valence-corrected chi connectivity index (χ0v) is 12.0. The van der Waals surface area contributed by atoms with Crippen molar-refractivity contribution in [2.75, 3.05) is 32.1 Å². The smallest absolute Gasteiger partial charge is 0.257 e. The summed E-state index contributed by atoms with van der Waals surface area (Å²) in [6.07, 6.45) is -0.561. The second kappa shape index (κ2) is 6.20. The van der Waals surface area contributed by atoms with Gasteiger partial charge in [-0.25, -0.2) is 4.39 Å². The molecular formula is C14H16FN5O2. The molecule has 0 bridgehead atoms. The Bertz CT molecular complexity index is 675. The van der Waals surface area contributed by atoms with E-state index in [0.717, 1.165) is 6.54 Å². The Balaban J connectivity index is 1.69. The van der Waals surface area contributed by atoms with E-state index in [1.54, 1.807) is 18.2 Å². The van der Waals surface area contributed by atoms with Crippen LogP contribution in [0.1, 0.15) is 0 Å². The number of morpholine rings is 1. The number of hydrogen-bond acceptors (Lipinski definition) is 5. The van der Waals surface area contributed by atoms with Crippen LogP contribution in [0.5, 0.6) is 0 Å². The summed E-state index contributed by atoms with van der Waals surface area (Å²) in [4.78, 5) is 18.2. The number of likely N-dealkylation sites (N-methyl/N-ethyl adjacent to an activating group) is 1. The van der Waals surface area contributed by atoms with Crippen LogP contribution in [0.2, 0.25) is 0 Å². The molecule has 7 nitrogen and oxygen atoms in total. The Morgan fingerprint density at radius 3 is 3.09 bits per heavy atom. The molecule has 1 aromatic carbocycles. The zero-order valence-electron chi connectivity index (χ0n) is 12.0. The second-order valence-corrected chi connectivity index (χ2v) is 5.10. The number of carbonyl (C=O) groups excluding carboxylic acids is 1. The fourth-order valence-corrected chi connectivity index (χ4v) is 2.22. The van der Waals surface area contributed by atoms with Crippen molar-refractivity contribution < 1.29 is 13.9 Å². The van der Waals surface area contributed by atoms with E-state index in [1.807, 2.05) is 11.9 Å². The van der Waals surface area contributed by atoms with Gasteiger partial charge in [-0.05, 0) is 19.2 Å². The fourth-order valence-electron chi connectivity index (χ4n) is 2.22. The summed E-state index contributed by atoms with van der Waals surface area (Å²) in [5.74, 6) is -0.366. The normalized spacial score (nSPS) is 19.1. The van der Waals surface area contributed by atoms with Crippen molar-refractivity contribution in [1.82, 2.24) is 20.1 Å². The number of benzene rings is 1. The van der Waals surface area contributed by atoms with Gasteiger partial charge in [0.15, 0.2) is 5.82 Å². The highest BCUT2D eigenvalue weighted by molar-refractivity contribution is 5.93. The van der Waals surface area contributed by atoms with E-state index in [4.69, 9.17) is 4.74 Å². The number of anilines is 1. The van der Waals surface area contributed by atoms with Crippen molar-refractivity contribution >= 4 is 11.9 Å². The summed E-state index contributed by atoms with van der Waals surface area (Å²) < 4.78 is 19.1. The monoisotopic (exact) mass is 305 g/mol. The molecule has 1 unspecified atom stereocenters. The van der Waals surface area contributed by atoms with E-state index in [9.17, 15) is 9.18 Å². The Morgan fingerprint density at radius 1 is 1.50 bits per heavy atom. The van der Waals surface area contributed by atoms with Crippen LogP contribution < -0.4 is 5.32 Å². The highest BCUT2D eigenvalue weighted by Gasteiger charge is 2.25. The third-order valence-electron chi connectivity index (χ3n) is 3.41. The van der Waals surface area contributed by atoms with Crippen LogP contribution >= 0.6 is 0 Å². The molecule has 3 rings (SSSR count). The van der Waals surface area contributed by atoms with Crippen molar-refractivity contribution in [3.8, 4) is 11.4 Å². The number of hydrogen-bond donors (Lipinski definition) is 2. The lowest BCUT2D eigenvalue weighted by Crippen LogP contribution is -2.46. The molecule has 1 amide bonds. The number of nitrogens with one attached hydrogen (secondary N) is 2. The highest BCUT2D eigenvalue weighted by atomic mass is 19.1. The van der Waals surface area contributed by atoms with E-state index in [-0.39, 0.29) is 17.7 Å². The first-order valence-corrected chi connectivity index (χ1v) is 6.92. The van der Waals surface area contributed by atoms with Crippen LogP contribution in [0.15, 0.2) is 24.3 Å². The van der Waals surface area contributed by atoms with Crippen molar-refractivity contribution in [2.24, 2.45) is 0 Å². The molecule has 1 saturated heterocycles. The molecule has 116 valence electrons. The van der Waals surface area contributed by atoms with E-state index in [1.165, 1.54) is 6.07 Å². The number of halogens is 1. The predicted octanol–water partition coefficient (Wildman–Crippen LogP) is 0.880. The maximum absolute atomic E-state index is 13.7. The first-order chi connectivity index (χ1) is 10.6. The van der Waals surface area contributed by atoms with Crippen LogP contribution in [0.25, 0.3) is 11.4 Å². The predicted molar refractivity (Wildman–Crippen MR) is 77.6 cm³/mol. The molecule has 2 N–H and O–H groups in total. The number of ether oxygens (including phenoxy) is 1. The number of rotatable bonds is 3. The maximum atomic E-state index is 13.7. The quantitative estimate of drug-likeness (QED) is 0.879. The first-order valence-electron chi connectivity index (χ1n) is 6.92. The number of nitrogens with zero attached hydrogens (tertiary/aromatic N) is 3. The largest absolute Gasteiger partial charge is 0.366 e. The van der Waals surface area contributed by atoms with Gasteiger partial charge < -0.3 is 9.64 Å². The molecule has 0 spiro atoms. The fraction of sp³-hybridized carbons (Fsp3) is 0.357. The third-order valence-corrected chi connectivity index (χ3v) is 3.41. The summed E-state index contributed by atoms with van der Waals surface area (Å²) in [7, 11) is 1.92. The maximum Gasteiger partial charge on any atom is 0.257 e. The Morgan fingerprint density at radius 2 is 2.32 bits per heavy atom. The first kappa shape index (κ1) is 14.6. The SMILES string of the molecule is CN1CCOC(C(=O)Nc2n[nH]c(-c3ccccc3F)n2)C1. The van der Waals surface area contributed by atoms with Gasteiger partial charge in [-0.2, -0.15) is 4.98 Å². The van der Waals surface area contributed by atoms with Gasteiger partial charge >= 0.3 is 0 Å². The molecule has 1 aliphatic heterocycles. The summed E-state index contributed by atoms with van der Waals surface area (Å²) in [5.41, 5.74) is 0.296. The van der Waals surface area contributed by atoms with Gasteiger partial charge in [0.05, 0.1) is 12.2 Å². The zero-order chi connectivity index (χ0) is 15.5. The lowest BCUT2D eigenvalue weighted by molar-refractivity contribution is -0.132. The molecular weight excluding hydrogens is 289 g/mol. The number of carbonyl (C=O) groups is 1. The van der Waals surface area contributed by atoms with Crippen LogP contribution in [-0.2, 0) is 9.53 Å². The van der Waals surface area contributed by atoms with Gasteiger partial charge in [-0.1, -0.05) is 12.1 Å². The van der Waals surface area contributed by atoms with Crippen molar-refractivity contribution in [2.45, 2.75) is 6.10 Å².